The third kappa shape index (κ3) is 5.76. The van der Waals surface area contributed by atoms with Crippen LogP contribution in [0.4, 0.5) is 11.4 Å². The molecule has 5 nitrogen and oxygen atoms in total. The number of carbonyl (C=O) groups is 2. The largest absolute Gasteiger partial charge is 0.460 e. The average Bonchev–Trinajstić information content (AvgIpc) is 2.36. The molecule has 0 heterocycles. The van der Waals surface area contributed by atoms with Crippen LogP contribution in [0.2, 0.25) is 0 Å². The van der Waals surface area contributed by atoms with Crippen LogP contribution in [0.3, 0.4) is 0 Å². The SMILES string of the molecule is Cc1c(NC(=O)CCC(=O)OC(C)(C)C)cccc1N(C)C. The van der Waals surface area contributed by atoms with E-state index < -0.39 is 5.60 Å². The summed E-state index contributed by atoms with van der Waals surface area (Å²) in [5, 5.41) is 2.85. The fourth-order valence-corrected chi connectivity index (χ4v) is 2.06. The summed E-state index contributed by atoms with van der Waals surface area (Å²) in [4.78, 5) is 25.6. The molecule has 5 heteroatoms. The van der Waals surface area contributed by atoms with Gasteiger partial charge in [-0.1, -0.05) is 6.07 Å². The second-order valence-electron chi connectivity index (χ2n) is 6.48. The first-order valence-corrected chi connectivity index (χ1v) is 7.39. The predicted octanol–water partition coefficient (Wildman–Crippen LogP) is 3.12. The number of carbonyl (C=O) groups excluding carboxylic acids is 2. The van der Waals surface area contributed by atoms with Gasteiger partial charge in [0.2, 0.25) is 5.91 Å². The maximum absolute atomic E-state index is 12.0. The average molecular weight is 306 g/mol. The lowest BCUT2D eigenvalue weighted by atomic mass is 10.1. The molecule has 0 bridgehead atoms. The normalized spacial score (nSPS) is 11.0. The first-order chi connectivity index (χ1) is 10.1. The number of nitrogens with zero attached hydrogens (tertiary/aromatic N) is 1. The number of ether oxygens (including phenoxy) is 1. The fourth-order valence-electron chi connectivity index (χ4n) is 2.06. The maximum atomic E-state index is 12.0. The Morgan fingerprint density at radius 2 is 1.82 bits per heavy atom. The summed E-state index contributed by atoms with van der Waals surface area (Å²) in [7, 11) is 3.91. The van der Waals surface area contributed by atoms with Gasteiger partial charge in [0.25, 0.3) is 0 Å². The highest BCUT2D eigenvalue weighted by Crippen LogP contribution is 2.25. The van der Waals surface area contributed by atoms with E-state index >= 15 is 0 Å². The Morgan fingerprint density at radius 1 is 1.18 bits per heavy atom. The lowest BCUT2D eigenvalue weighted by molar-refractivity contribution is -0.155. The van der Waals surface area contributed by atoms with Crippen LogP contribution in [0, 0.1) is 6.92 Å². The van der Waals surface area contributed by atoms with Crippen molar-refractivity contribution in [2.24, 2.45) is 0 Å². The second-order valence-corrected chi connectivity index (χ2v) is 6.48. The molecule has 0 aliphatic rings. The van der Waals surface area contributed by atoms with Gasteiger partial charge < -0.3 is 15.0 Å². The molecule has 1 aromatic carbocycles. The van der Waals surface area contributed by atoms with Crippen molar-refractivity contribution in [3.63, 3.8) is 0 Å². The topological polar surface area (TPSA) is 58.6 Å². The standard InChI is InChI=1S/C17H26N2O3/c1-12-13(8-7-9-14(12)19(5)6)18-15(20)10-11-16(21)22-17(2,3)4/h7-9H,10-11H2,1-6H3,(H,18,20). The van der Waals surface area contributed by atoms with Crippen LogP contribution in [0.25, 0.3) is 0 Å². The summed E-state index contributed by atoms with van der Waals surface area (Å²) in [6.45, 7) is 7.38. The molecule has 0 aliphatic heterocycles. The molecule has 1 N–H and O–H groups in total. The monoisotopic (exact) mass is 306 g/mol. The van der Waals surface area contributed by atoms with Crippen LogP contribution in [0.1, 0.15) is 39.2 Å². The quantitative estimate of drug-likeness (QED) is 0.849. The molecule has 0 unspecified atom stereocenters. The molecule has 0 saturated heterocycles. The van der Waals surface area contributed by atoms with Crippen LogP contribution in [0.5, 0.6) is 0 Å². The molecular formula is C17H26N2O3. The summed E-state index contributed by atoms with van der Waals surface area (Å²) in [5.74, 6) is -0.550. The first-order valence-electron chi connectivity index (χ1n) is 7.39. The highest BCUT2D eigenvalue weighted by atomic mass is 16.6. The molecule has 0 radical (unpaired) electrons. The van der Waals surface area contributed by atoms with Gasteiger partial charge in [0.1, 0.15) is 5.60 Å². The number of hydrogen-bond acceptors (Lipinski definition) is 4. The zero-order valence-electron chi connectivity index (χ0n) is 14.3. The molecule has 1 rings (SSSR count). The van der Waals surface area contributed by atoms with Crippen molar-refractivity contribution in [3.8, 4) is 0 Å². The van der Waals surface area contributed by atoms with Crippen LogP contribution in [0.15, 0.2) is 18.2 Å². The molecule has 0 atom stereocenters. The Bertz CT molecular complexity index is 545. The van der Waals surface area contributed by atoms with Crippen LogP contribution in [-0.4, -0.2) is 31.6 Å². The Balaban J connectivity index is 2.60. The second kappa shape index (κ2) is 7.29. The minimum atomic E-state index is -0.524. The molecule has 1 amide bonds. The summed E-state index contributed by atoms with van der Waals surface area (Å²) in [5.41, 5.74) is 2.29. The van der Waals surface area contributed by atoms with Crippen molar-refractivity contribution in [2.75, 3.05) is 24.3 Å². The van der Waals surface area contributed by atoms with Crippen molar-refractivity contribution in [1.29, 1.82) is 0 Å². The fraction of sp³-hybridized carbons (Fsp3) is 0.529. The van der Waals surface area contributed by atoms with E-state index in [0.717, 1.165) is 16.9 Å². The highest BCUT2D eigenvalue weighted by Gasteiger charge is 2.17. The molecule has 0 spiro atoms. The van der Waals surface area contributed by atoms with Gasteiger partial charge >= 0.3 is 5.97 Å². The van der Waals surface area contributed by atoms with E-state index in [1.165, 1.54) is 0 Å². The van der Waals surface area contributed by atoms with E-state index in [4.69, 9.17) is 4.74 Å². The van der Waals surface area contributed by atoms with E-state index in [1.54, 1.807) is 20.8 Å². The third-order valence-electron chi connectivity index (χ3n) is 3.04. The summed E-state index contributed by atoms with van der Waals surface area (Å²) in [6, 6.07) is 5.74. The van der Waals surface area contributed by atoms with E-state index in [2.05, 4.69) is 5.32 Å². The predicted molar refractivity (Wildman–Crippen MR) is 89.2 cm³/mol. The van der Waals surface area contributed by atoms with Crippen LogP contribution in [-0.2, 0) is 14.3 Å². The van der Waals surface area contributed by atoms with Crippen molar-refractivity contribution in [1.82, 2.24) is 0 Å². The molecule has 122 valence electrons. The number of amides is 1. The lowest BCUT2D eigenvalue weighted by Crippen LogP contribution is -2.24. The Labute approximate surface area is 132 Å². The molecule has 0 aliphatic carbocycles. The molecule has 1 aromatic rings. The number of rotatable bonds is 5. The number of esters is 1. The number of anilines is 2. The third-order valence-corrected chi connectivity index (χ3v) is 3.04. The van der Waals surface area contributed by atoms with Crippen molar-refractivity contribution in [3.05, 3.63) is 23.8 Å². The summed E-state index contributed by atoms with van der Waals surface area (Å²) >= 11 is 0. The highest BCUT2D eigenvalue weighted by molar-refractivity contribution is 5.94. The Morgan fingerprint density at radius 3 is 2.36 bits per heavy atom. The number of benzene rings is 1. The maximum Gasteiger partial charge on any atom is 0.306 e. The number of nitrogens with one attached hydrogen (secondary N) is 1. The van der Waals surface area contributed by atoms with Gasteiger partial charge in [-0.3, -0.25) is 9.59 Å². The van der Waals surface area contributed by atoms with Gasteiger partial charge in [0, 0.05) is 31.9 Å². The smallest absolute Gasteiger partial charge is 0.306 e. The van der Waals surface area contributed by atoms with E-state index in [9.17, 15) is 9.59 Å². The summed E-state index contributed by atoms with van der Waals surface area (Å²) < 4.78 is 5.19. The van der Waals surface area contributed by atoms with E-state index in [0.29, 0.717) is 0 Å². The summed E-state index contributed by atoms with van der Waals surface area (Å²) in [6.07, 6.45) is 0.191. The van der Waals surface area contributed by atoms with Crippen molar-refractivity contribution in [2.45, 2.75) is 46.1 Å². The minimum absolute atomic E-state index is 0.0789. The molecule has 0 aromatic heterocycles. The van der Waals surface area contributed by atoms with Gasteiger partial charge in [0.15, 0.2) is 0 Å². The van der Waals surface area contributed by atoms with Crippen LogP contribution >= 0.6 is 0 Å². The molecule has 0 saturated carbocycles. The van der Waals surface area contributed by atoms with Gasteiger partial charge in [-0.2, -0.15) is 0 Å². The van der Waals surface area contributed by atoms with Gasteiger partial charge in [0.05, 0.1) is 6.42 Å². The van der Waals surface area contributed by atoms with Crippen molar-refractivity contribution < 1.29 is 14.3 Å². The molecular weight excluding hydrogens is 280 g/mol. The number of hydrogen-bond donors (Lipinski definition) is 1. The zero-order valence-corrected chi connectivity index (χ0v) is 14.3. The van der Waals surface area contributed by atoms with Gasteiger partial charge in [-0.25, -0.2) is 0 Å². The first kappa shape index (κ1) is 18.0. The Kier molecular flexibility index (Phi) is 5.97. The minimum Gasteiger partial charge on any atom is -0.460 e. The van der Waals surface area contributed by atoms with Gasteiger partial charge in [-0.05, 0) is 45.4 Å². The molecule has 22 heavy (non-hydrogen) atoms. The van der Waals surface area contributed by atoms with E-state index in [1.807, 2.05) is 44.1 Å². The molecule has 0 fully saturated rings. The van der Waals surface area contributed by atoms with Crippen molar-refractivity contribution >= 4 is 23.3 Å². The lowest BCUT2D eigenvalue weighted by Gasteiger charge is -2.20. The van der Waals surface area contributed by atoms with Crippen LogP contribution < -0.4 is 10.2 Å². The zero-order chi connectivity index (χ0) is 16.9. The van der Waals surface area contributed by atoms with E-state index in [-0.39, 0.29) is 24.7 Å². The van der Waals surface area contributed by atoms with Gasteiger partial charge in [-0.15, -0.1) is 0 Å². The Hall–Kier alpha value is -2.04.